The Kier molecular flexibility index (Phi) is 8.11. The summed E-state index contributed by atoms with van der Waals surface area (Å²) in [5.41, 5.74) is 6.25. The van der Waals surface area contributed by atoms with E-state index in [9.17, 15) is 19.8 Å². The highest BCUT2D eigenvalue weighted by molar-refractivity contribution is 5.80. The second-order valence-corrected chi connectivity index (χ2v) is 12.0. The van der Waals surface area contributed by atoms with Crippen LogP contribution in [-0.2, 0) is 30.9 Å². The van der Waals surface area contributed by atoms with Crippen LogP contribution in [0.15, 0.2) is 36.2 Å². The summed E-state index contributed by atoms with van der Waals surface area (Å²) in [7, 11) is 2.01. The molecule has 2 aliphatic carbocycles. The van der Waals surface area contributed by atoms with Gasteiger partial charge in [0.15, 0.2) is 23.7 Å². The van der Waals surface area contributed by atoms with Gasteiger partial charge in [-0.15, -0.1) is 0 Å². The maximum atomic E-state index is 13.1. The van der Waals surface area contributed by atoms with Crippen molar-refractivity contribution in [2.45, 2.75) is 88.1 Å². The number of nitrogens with two attached hydrogens (primary N) is 1. The van der Waals surface area contributed by atoms with Crippen LogP contribution in [0.1, 0.15) is 63.5 Å². The first-order valence-electron chi connectivity index (χ1n) is 14.7. The average molecular weight is 570 g/mol. The Hall–Kier alpha value is -3.08. The SMILES string of the molecule is C=C(NCCC(=O)O[C@@H](C)C(=O)OC1=CC[C@@]2(O)[C@H]3Cc4ccc(O)c5c4[C@@]2(CCN3C)[C@H]1O5)[C@@H](C)CCCCN. The number of phenolic OH excluding ortho intramolecular Hbond substituents is 1. The first-order chi connectivity index (χ1) is 19.5. The first kappa shape index (κ1) is 29.4. The topological polar surface area (TPSA) is 144 Å². The van der Waals surface area contributed by atoms with E-state index in [0.717, 1.165) is 42.6 Å². The van der Waals surface area contributed by atoms with Gasteiger partial charge in [-0.25, -0.2) is 4.79 Å². The Labute approximate surface area is 241 Å². The monoisotopic (exact) mass is 569 g/mol. The number of carbonyl (C=O) groups is 2. The summed E-state index contributed by atoms with van der Waals surface area (Å²) in [4.78, 5) is 27.7. The number of rotatable bonds is 12. The van der Waals surface area contributed by atoms with Gasteiger partial charge < -0.3 is 40.4 Å². The lowest BCUT2D eigenvalue weighted by molar-refractivity contribution is -0.175. The van der Waals surface area contributed by atoms with Crippen LogP contribution in [0.25, 0.3) is 0 Å². The minimum atomic E-state index is -1.15. The van der Waals surface area contributed by atoms with Crippen molar-refractivity contribution in [3.63, 3.8) is 0 Å². The molecule has 224 valence electrons. The second-order valence-electron chi connectivity index (χ2n) is 12.0. The maximum absolute atomic E-state index is 13.1. The fraction of sp³-hybridized carbons (Fsp3) is 0.613. The molecule has 0 radical (unpaired) electrons. The molecule has 10 nitrogen and oxygen atoms in total. The Morgan fingerprint density at radius 3 is 2.85 bits per heavy atom. The number of hydrogen-bond acceptors (Lipinski definition) is 10. The van der Waals surface area contributed by atoms with E-state index in [1.54, 1.807) is 12.1 Å². The number of aliphatic hydroxyl groups is 1. The van der Waals surface area contributed by atoms with Gasteiger partial charge in [-0.3, -0.25) is 4.79 Å². The minimum absolute atomic E-state index is 0.00136. The normalized spacial score (nSPS) is 29.0. The van der Waals surface area contributed by atoms with Crippen LogP contribution in [0.5, 0.6) is 11.5 Å². The highest BCUT2D eigenvalue weighted by Gasteiger charge is 2.72. The molecule has 1 saturated heterocycles. The van der Waals surface area contributed by atoms with Crippen LogP contribution in [0.4, 0.5) is 0 Å². The lowest BCUT2D eigenvalue weighted by Crippen LogP contribution is -2.74. The van der Waals surface area contributed by atoms with Crippen molar-refractivity contribution in [2.75, 3.05) is 26.7 Å². The van der Waals surface area contributed by atoms with Gasteiger partial charge in [0.05, 0.1) is 17.4 Å². The van der Waals surface area contributed by atoms with Gasteiger partial charge in [-0.1, -0.05) is 26.0 Å². The third-order valence-corrected chi connectivity index (χ3v) is 9.58. The minimum Gasteiger partial charge on any atom is -0.504 e. The van der Waals surface area contributed by atoms with Gasteiger partial charge in [0.1, 0.15) is 5.76 Å². The molecule has 0 saturated carbocycles. The Bertz CT molecular complexity index is 1250. The van der Waals surface area contributed by atoms with Crippen LogP contribution in [-0.4, -0.2) is 77.6 Å². The Morgan fingerprint density at radius 2 is 2.10 bits per heavy atom. The number of nitrogens with zero attached hydrogens (tertiary/aromatic N) is 1. The molecule has 0 unspecified atom stereocenters. The van der Waals surface area contributed by atoms with E-state index in [1.165, 1.54) is 6.92 Å². The van der Waals surface area contributed by atoms with Crippen LogP contribution in [0, 0.1) is 5.92 Å². The van der Waals surface area contributed by atoms with E-state index in [2.05, 4.69) is 23.7 Å². The molecule has 5 N–H and O–H groups in total. The average Bonchev–Trinajstić information content (AvgIpc) is 3.29. The lowest BCUT2D eigenvalue weighted by atomic mass is 9.50. The molecule has 2 aliphatic heterocycles. The molecule has 6 atom stereocenters. The summed E-state index contributed by atoms with van der Waals surface area (Å²) in [5.74, 6) is -0.363. The number of nitrogens with one attached hydrogen (secondary N) is 1. The number of esters is 2. The molecule has 0 amide bonds. The summed E-state index contributed by atoms with van der Waals surface area (Å²) in [5, 5.41) is 26.0. The number of piperidine rings is 1. The molecule has 1 aromatic carbocycles. The van der Waals surface area contributed by atoms with Gasteiger partial charge in [0, 0.05) is 30.3 Å². The number of hydrogen-bond donors (Lipinski definition) is 4. The highest BCUT2D eigenvalue weighted by atomic mass is 16.6. The number of benzene rings is 1. The standard InChI is InChI=1S/C31H43N3O7/c1-18(7-5-6-14-32)19(2)33-15-11-25(36)39-20(3)29(37)40-23-10-12-31(38)24-17-21-8-9-22(35)27-26(21)30(31,28(23)41-27)13-16-34(24)4/h8-10,18,20,24,28,33,35,38H,2,5-7,11-17,32H2,1,3-4H3/t18-,20-,24+,28-,30-,31+/m0/s1. The van der Waals surface area contributed by atoms with Crippen LogP contribution in [0.3, 0.4) is 0 Å². The van der Waals surface area contributed by atoms with Crippen molar-refractivity contribution in [3.8, 4) is 11.5 Å². The van der Waals surface area contributed by atoms with Crippen molar-refractivity contribution in [2.24, 2.45) is 11.7 Å². The zero-order valence-corrected chi connectivity index (χ0v) is 24.3. The Balaban J connectivity index is 1.22. The van der Waals surface area contributed by atoms with Gasteiger partial charge in [-0.2, -0.15) is 0 Å². The van der Waals surface area contributed by atoms with Crippen LogP contribution in [0.2, 0.25) is 0 Å². The molecular weight excluding hydrogens is 526 g/mol. The summed E-state index contributed by atoms with van der Waals surface area (Å²) < 4.78 is 17.5. The number of unbranched alkanes of at least 4 members (excludes halogenated alkanes) is 1. The van der Waals surface area contributed by atoms with Gasteiger partial charge in [-0.05, 0) is 76.4 Å². The maximum Gasteiger partial charge on any atom is 0.352 e. The molecule has 2 bridgehead atoms. The lowest BCUT2D eigenvalue weighted by Gasteiger charge is -2.61. The summed E-state index contributed by atoms with van der Waals surface area (Å²) in [6.45, 7) is 9.36. The zero-order chi connectivity index (χ0) is 29.5. The number of aromatic hydroxyl groups is 1. The third kappa shape index (κ3) is 4.89. The van der Waals surface area contributed by atoms with Crippen molar-refractivity contribution < 1.29 is 34.0 Å². The summed E-state index contributed by atoms with van der Waals surface area (Å²) in [6, 6.07) is 3.37. The predicted octanol–water partition coefficient (Wildman–Crippen LogP) is 2.40. The molecule has 1 spiro atoms. The Morgan fingerprint density at radius 1 is 1.32 bits per heavy atom. The van der Waals surface area contributed by atoms with E-state index in [4.69, 9.17) is 19.9 Å². The number of ether oxygens (including phenoxy) is 3. The largest absolute Gasteiger partial charge is 0.504 e. The predicted molar refractivity (Wildman–Crippen MR) is 152 cm³/mol. The van der Waals surface area contributed by atoms with E-state index >= 15 is 0 Å². The number of likely N-dealkylation sites (N-methyl/N-ethyl adjacent to an activating group) is 1. The van der Waals surface area contributed by atoms with E-state index in [1.807, 2.05) is 13.1 Å². The molecule has 1 fully saturated rings. The van der Waals surface area contributed by atoms with E-state index in [0.29, 0.717) is 31.7 Å². The quantitative estimate of drug-likeness (QED) is 0.219. The number of carbonyl (C=O) groups excluding carboxylic acids is 2. The first-order valence-corrected chi connectivity index (χ1v) is 14.7. The second kappa shape index (κ2) is 11.3. The molecular formula is C31H43N3O7. The highest BCUT2D eigenvalue weighted by Crippen LogP contribution is 2.65. The summed E-state index contributed by atoms with van der Waals surface area (Å²) in [6.07, 6.45) is 4.31. The smallest absolute Gasteiger partial charge is 0.352 e. The van der Waals surface area contributed by atoms with Crippen LogP contribution < -0.4 is 15.8 Å². The molecule has 5 rings (SSSR count). The molecule has 10 heteroatoms. The van der Waals surface area contributed by atoms with Crippen molar-refractivity contribution in [1.82, 2.24) is 10.2 Å². The van der Waals surface area contributed by atoms with E-state index < -0.39 is 35.2 Å². The third-order valence-electron chi connectivity index (χ3n) is 9.58. The van der Waals surface area contributed by atoms with Crippen molar-refractivity contribution in [3.05, 3.63) is 47.4 Å². The zero-order valence-electron chi connectivity index (χ0n) is 24.3. The fourth-order valence-corrected chi connectivity index (χ4v) is 7.21. The van der Waals surface area contributed by atoms with Crippen LogP contribution >= 0.6 is 0 Å². The van der Waals surface area contributed by atoms with Crippen molar-refractivity contribution >= 4 is 11.9 Å². The number of phenols is 1. The molecule has 1 aromatic rings. The van der Waals surface area contributed by atoms with Gasteiger partial charge in [0.2, 0.25) is 0 Å². The fourth-order valence-electron chi connectivity index (χ4n) is 7.21. The molecule has 41 heavy (non-hydrogen) atoms. The number of allylic oxidation sites excluding steroid dienone is 1. The molecule has 2 heterocycles. The van der Waals surface area contributed by atoms with E-state index in [-0.39, 0.29) is 36.3 Å². The molecule has 4 aliphatic rings. The van der Waals surface area contributed by atoms with Crippen molar-refractivity contribution in [1.29, 1.82) is 0 Å². The number of likely N-dealkylation sites (tertiary alicyclic amines) is 1. The van der Waals surface area contributed by atoms with Gasteiger partial charge >= 0.3 is 11.9 Å². The molecule has 0 aromatic heterocycles. The van der Waals surface area contributed by atoms with Gasteiger partial charge in [0.25, 0.3) is 0 Å². The summed E-state index contributed by atoms with van der Waals surface area (Å²) >= 11 is 0.